The SMILES string of the molecule is COC(O)C(=O)C=Cc1ccc(C(F)(F)F)cc1. The first-order valence-electron chi connectivity index (χ1n) is 4.94. The summed E-state index contributed by atoms with van der Waals surface area (Å²) in [6.45, 7) is 0. The van der Waals surface area contributed by atoms with Gasteiger partial charge in [-0.1, -0.05) is 18.2 Å². The van der Waals surface area contributed by atoms with Crippen LogP contribution in [0.15, 0.2) is 30.3 Å². The highest BCUT2D eigenvalue weighted by atomic mass is 19.4. The predicted octanol–water partition coefficient (Wildman–Crippen LogP) is 2.25. The normalized spacial score (nSPS) is 13.8. The van der Waals surface area contributed by atoms with Crippen LogP contribution in [0, 0.1) is 0 Å². The zero-order valence-electron chi connectivity index (χ0n) is 9.44. The summed E-state index contributed by atoms with van der Waals surface area (Å²) in [7, 11) is 1.16. The highest BCUT2D eigenvalue weighted by Gasteiger charge is 2.29. The fourth-order valence-electron chi connectivity index (χ4n) is 1.16. The van der Waals surface area contributed by atoms with Crippen LogP contribution in [-0.4, -0.2) is 24.3 Å². The van der Waals surface area contributed by atoms with E-state index in [1.165, 1.54) is 18.2 Å². The lowest BCUT2D eigenvalue weighted by atomic mass is 10.1. The molecule has 1 aromatic rings. The van der Waals surface area contributed by atoms with E-state index >= 15 is 0 Å². The zero-order valence-corrected chi connectivity index (χ0v) is 9.44. The Balaban J connectivity index is 2.76. The van der Waals surface area contributed by atoms with Crippen LogP contribution in [0.3, 0.4) is 0 Å². The molecular weight excluding hydrogens is 249 g/mol. The molecule has 0 aromatic heterocycles. The second-order valence-electron chi connectivity index (χ2n) is 3.44. The van der Waals surface area contributed by atoms with E-state index in [0.29, 0.717) is 5.56 Å². The lowest BCUT2D eigenvalue weighted by molar-refractivity contribution is -0.144. The van der Waals surface area contributed by atoms with Crippen LogP contribution in [0.1, 0.15) is 11.1 Å². The summed E-state index contributed by atoms with van der Waals surface area (Å²) < 4.78 is 41.2. The Morgan fingerprint density at radius 1 is 1.33 bits per heavy atom. The number of methoxy groups -OCH3 is 1. The largest absolute Gasteiger partial charge is 0.416 e. The van der Waals surface area contributed by atoms with Crippen LogP contribution in [0.2, 0.25) is 0 Å². The highest BCUT2D eigenvalue weighted by Crippen LogP contribution is 2.29. The standard InChI is InChI=1S/C12H11F3O3/c1-18-11(17)10(16)7-4-8-2-5-9(6-3-8)12(13,14)15/h2-7,11,17H,1H3. The Kier molecular flexibility index (Phi) is 4.63. The lowest BCUT2D eigenvalue weighted by Gasteiger charge is -2.06. The van der Waals surface area contributed by atoms with E-state index < -0.39 is 23.8 Å². The van der Waals surface area contributed by atoms with Gasteiger partial charge in [-0.15, -0.1) is 0 Å². The van der Waals surface area contributed by atoms with E-state index in [1.807, 2.05) is 0 Å². The maximum absolute atomic E-state index is 12.3. The van der Waals surface area contributed by atoms with Crippen LogP contribution < -0.4 is 0 Å². The number of carbonyl (C=O) groups is 1. The molecule has 0 aliphatic rings. The lowest BCUT2D eigenvalue weighted by Crippen LogP contribution is -2.19. The molecule has 0 bridgehead atoms. The van der Waals surface area contributed by atoms with Crippen LogP contribution in [-0.2, 0) is 15.7 Å². The minimum absolute atomic E-state index is 0.416. The molecule has 0 spiro atoms. The number of aliphatic hydroxyl groups excluding tert-OH is 1. The Hall–Kier alpha value is -1.66. The number of aliphatic hydroxyl groups is 1. The van der Waals surface area contributed by atoms with Crippen molar-refractivity contribution in [3.05, 3.63) is 41.5 Å². The van der Waals surface area contributed by atoms with Crippen LogP contribution in [0.25, 0.3) is 6.08 Å². The van der Waals surface area contributed by atoms with E-state index in [4.69, 9.17) is 5.11 Å². The summed E-state index contributed by atoms with van der Waals surface area (Å²) in [5, 5.41) is 8.98. The Bertz CT molecular complexity index is 435. The van der Waals surface area contributed by atoms with Crippen molar-refractivity contribution < 1.29 is 27.8 Å². The average Bonchev–Trinajstić information content (AvgIpc) is 2.34. The van der Waals surface area contributed by atoms with Crippen molar-refractivity contribution in [2.75, 3.05) is 7.11 Å². The summed E-state index contributed by atoms with van der Waals surface area (Å²) in [5.41, 5.74) is -0.345. The van der Waals surface area contributed by atoms with E-state index in [1.54, 1.807) is 0 Å². The van der Waals surface area contributed by atoms with Gasteiger partial charge >= 0.3 is 6.18 Å². The monoisotopic (exact) mass is 260 g/mol. The molecule has 0 saturated carbocycles. The quantitative estimate of drug-likeness (QED) is 0.667. The number of halogens is 3. The van der Waals surface area contributed by atoms with Gasteiger partial charge in [-0.05, 0) is 23.8 Å². The molecule has 18 heavy (non-hydrogen) atoms. The van der Waals surface area contributed by atoms with Crippen molar-refractivity contribution in [1.29, 1.82) is 0 Å². The Morgan fingerprint density at radius 2 is 1.89 bits per heavy atom. The highest BCUT2D eigenvalue weighted by molar-refractivity contribution is 5.95. The molecule has 0 amide bonds. The first-order valence-corrected chi connectivity index (χ1v) is 4.94. The summed E-state index contributed by atoms with van der Waals surface area (Å²) >= 11 is 0. The average molecular weight is 260 g/mol. The van der Waals surface area contributed by atoms with Crippen molar-refractivity contribution in [3.63, 3.8) is 0 Å². The number of hydrogen-bond acceptors (Lipinski definition) is 3. The van der Waals surface area contributed by atoms with E-state index in [2.05, 4.69) is 4.74 Å². The van der Waals surface area contributed by atoms with Crippen LogP contribution >= 0.6 is 0 Å². The second kappa shape index (κ2) is 5.79. The maximum Gasteiger partial charge on any atom is 0.416 e. The van der Waals surface area contributed by atoms with E-state index in [-0.39, 0.29) is 0 Å². The van der Waals surface area contributed by atoms with Crippen molar-refractivity contribution in [2.45, 2.75) is 12.5 Å². The van der Waals surface area contributed by atoms with Gasteiger partial charge in [0, 0.05) is 7.11 Å². The molecular formula is C12H11F3O3. The fraction of sp³-hybridized carbons (Fsp3) is 0.250. The first-order chi connectivity index (χ1) is 8.34. The molecule has 1 unspecified atom stereocenters. The van der Waals surface area contributed by atoms with Gasteiger partial charge in [0.1, 0.15) is 0 Å². The minimum Gasteiger partial charge on any atom is -0.362 e. The molecule has 1 aromatic carbocycles. The maximum atomic E-state index is 12.3. The molecule has 0 aliphatic heterocycles. The van der Waals surface area contributed by atoms with Crippen molar-refractivity contribution in [1.82, 2.24) is 0 Å². The molecule has 0 aliphatic carbocycles. The predicted molar refractivity (Wildman–Crippen MR) is 58.5 cm³/mol. The van der Waals surface area contributed by atoms with Crippen molar-refractivity contribution in [2.24, 2.45) is 0 Å². The molecule has 1 rings (SSSR count). The molecule has 0 saturated heterocycles. The number of rotatable bonds is 4. The number of hydrogen-bond donors (Lipinski definition) is 1. The Labute approximate surface area is 101 Å². The molecule has 0 fully saturated rings. The summed E-state index contributed by atoms with van der Waals surface area (Å²) in [5.74, 6) is -0.683. The van der Waals surface area contributed by atoms with E-state index in [9.17, 15) is 18.0 Å². The van der Waals surface area contributed by atoms with Gasteiger partial charge in [-0.2, -0.15) is 13.2 Å². The topological polar surface area (TPSA) is 46.5 Å². The number of carbonyl (C=O) groups excluding carboxylic acids is 1. The van der Waals surface area contributed by atoms with Gasteiger partial charge < -0.3 is 9.84 Å². The number of ether oxygens (including phenoxy) is 1. The summed E-state index contributed by atoms with van der Waals surface area (Å²) in [6, 6.07) is 4.28. The molecule has 0 radical (unpaired) electrons. The second-order valence-corrected chi connectivity index (χ2v) is 3.44. The molecule has 98 valence electrons. The fourth-order valence-corrected chi connectivity index (χ4v) is 1.16. The summed E-state index contributed by atoms with van der Waals surface area (Å²) in [4.78, 5) is 11.1. The van der Waals surface area contributed by atoms with Gasteiger partial charge in [-0.25, -0.2) is 0 Å². The Morgan fingerprint density at radius 3 is 2.33 bits per heavy atom. The molecule has 1 atom stereocenters. The molecule has 3 nitrogen and oxygen atoms in total. The van der Waals surface area contributed by atoms with Crippen LogP contribution in [0.5, 0.6) is 0 Å². The van der Waals surface area contributed by atoms with Gasteiger partial charge in [-0.3, -0.25) is 4.79 Å². The zero-order chi connectivity index (χ0) is 13.8. The number of benzene rings is 1. The van der Waals surface area contributed by atoms with Crippen LogP contribution in [0.4, 0.5) is 13.2 Å². The third-order valence-electron chi connectivity index (χ3n) is 2.14. The third kappa shape index (κ3) is 3.97. The molecule has 0 heterocycles. The minimum atomic E-state index is -4.38. The van der Waals surface area contributed by atoms with Gasteiger partial charge in [0.15, 0.2) is 0 Å². The van der Waals surface area contributed by atoms with E-state index in [0.717, 1.165) is 25.3 Å². The molecule has 6 heteroatoms. The van der Waals surface area contributed by atoms with Crippen molar-refractivity contribution >= 4 is 11.9 Å². The number of ketones is 1. The first kappa shape index (κ1) is 14.4. The van der Waals surface area contributed by atoms with Gasteiger partial charge in [0.25, 0.3) is 0 Å². The van der Waals surface area contributed by atoms with Crippen molar-refractivity contribution in [3.8, 4) is 0 Å². The number of alkyl halides is 3. The summed E-state index contributed by atoms with van der Waals surface area (Å²) in [6.07, 6.45) is -3.61. The van der Waals surface area contributed by atoms with Gasteiger partial charge in [0.2, 0.25) is 12.1 Å². The van der Waals surface area contributed by atoms with Gasteiger partial charge in [0.05, 0.1) is 5.56 Å². The smallest absolute Gasteiger partial charge is 0.362 e. The third-order valence-corrected chi connectivity index (χ3v) is 2.14. The molecule has 1 N–H and O–H groups in total.